The molecule has 0 aromatic heterocycles. The molecule has 0 saturated heterocycles. The van der Waals surface area contributed by atoms with E-state index < -0.39 is 4.92 Å². The highest BCUT2D eigenvalue weighted by Crippen LogP contribution is 2.22. The molecular formula is C19H20N2O5. The van der Waals surface area contributed by atoms with Gasteiger partial charge in [-0.25, -0.2) is 0 Å². The molecule has 0 heterocycles. The van der Waals surface area contributed by atoms with Crippen LogP contribution in [0.25, 0.3) is 0 Å². The summed E-state index contributed by atoms with van der Waals surface area (Å²) in [5.41, 5.74) is 1.42. The Morgan fingerprint density at radius 1 is 1.12 bits per heavy atom. The van der Waals surface area contributed by atoms with Gasteiger partial charge in [0.1, 0.15) is 5.75 Å². The van der Waals surface area contributed by atoms with Crippen molar-refractivity contribution in [3.05, 3.63) is 63.7 Å². The zero-order valence-electron chi connectivity index (χ0n) is 14.7. The summed E-state index contributed by atoms with van der Waals surface area (Å²) in [6.07, 6.45) is 0.794. The highest BCUT2D eigenvalue weighted by Gasteiger charge is 2.13. The zero-order valence-corrected chi connectivity index (χ0v) is 14.7. The van der Waals surface area contributed by atoms with E-state index in [9.17, 15) is 19.7 Å². The fourth-order valence-corrected chi connectivity index (χ4v) is 2.44. The van der Waals surface area contributed by atoms with Crippen LogP contribution in [0, 0.1) is 17.0 Å². The van der Waals surface area contributed by atoms with Crippen molar-refractivity contribution in [3.8, 4) is 5.75 Å². The summed E-state index contributed by atoms with van der Waals surface area (Å²) < 4.78 is 5.04. The third-order valence-corrected chi connectivity index (χ3v) is 3.91. The quantitative estimate of drug-likeness (QED) is 0.439. The first-order valence-electron chi connectivity index (χ1n) is 8.13. The largest absolute Gasteiger partial charge is 0.497 e. The summed E-state index contributed by atoms with van der Waals surface area (Å²) in [5.74, 6) is 0.338. The van der Waals surface area contributed by atoms with Crippen LogP contribution in [0.3, 0.4) is 0 Å². The average Bonchev–Trinajstić information content (AvgIpc) is 2.63. The molecule has 0 radical (unpaired) electrons. The molecule has 1 amide bonds. The Labute approximate surface area is 151 Å². The Balaban J connectivity index is 1.84. The number of carbonyl (C=O) groups excluding carboxylic acids is 2. The van der Waals surface area contributed by atoms with Gasteiger partial charge >= 0.3 is 0 Å². The van der Waals surface area contributed by atoms with Gasteiger partial charge in [0.2, 0.25) is 5.91 Å². The molecule has 136 valence electrons. The van der Waals surface area contributed by atoms with Gasteiger partial charge in [0.15, 0.2) is 5.78 Å². The number of nitro benzene ring substituents is 1. The van der Waals surface area contributed by atoms with Crippen molar-refractivity contribution in [1.82, 2.24) is 0 Å². The SMILES string of the molecule is COc1ccc(C(=O)CCCC(=O)Nc2ccc(C)c([N+](=O)[O-])c2)cc1. The number of carbonyl (C=O) groups is 2. The number of anilines is 1. The standard InChI is InChI=1S/C19H20N2O5/c1-13-6-9-15(12-17(13)21(24)25)20-19(23)5-3-4-18(22)14-7-10-16(26-2)11-8-14/h6-12H,3-5H2,1-2H3,(H,20,23). The molecule has 0 spiro atoms. The lowest BCUT2D eigenvalue weighted by Gasteiger charge is -2.06. The second-order valence-electron chi connectivity index (χ2n) is 5.81. The van der Waals surface area contributed by atoms with Gasteiger partial charge < -0.3 is 10.1 Å². The van der Waals surface area contributed by atoms with Crippen molar-refractivity contribution >= 4 is 23.1 Å². The molecule has 0 saturated carbocycles. The van der Waals surface area contributed by atoms with Crippen LogP contribution in [-0.4, -0.2) is 23.7 Å². The van der Waals surface area contributed by atoms with Gasteiger partial charge in [0.25, 0.3) is 5.69 Å². The van der Waals surface area contributed by atoms with Crippen LogP contribution in [0.2, 0.25) is 0 Å². The fourth-order valence-electron chi connectivity index (χ4n) is 2.44. The number of nitro groups is 1. The van der Waals surface area contributed by atoms with Gasteiger partial charge in [-0.2, -0.15) is 0 Å². The van der Waals surface area contributed by atoms with Crippen LogP contribution < -0.4 is 10.1 Å². The fraction of sp³-hybridized carbons (Fsp3) is 0.263. The molecule has 2 aromatic carbocycles. The third kappa shape index (κ3) is 5.14. The third-order valence-electron chi connectivity index (χ3n) is 3.91. The molecule has 7 heteroatoms. The maximum Gasteiger partial charge on any atom is 0.274 e. The molecule has 0 aliphatic carbocycles. The Bertz CT molecular complexity index is 815. The molecule has 0 atom stereocenters. The van der Waals surface area contributed by atoms with E-state index in [1.807, 2.05) is 0 Å². The first-order valence-corrected chi connectivity index (χ1v) is 8.13. The van der Waals surface area contributed by atoms with E-state index in [4.69, 9.17) is 4.74 Å². The van der Waals surface area contributed by atoms with Gasteiger partial charge in [-0.15, -0.1) is 0 Å². The Morgan fingerprint density at radius 3 is 2.42 bits per heavy atom. The first kappa shape index (κ1) is 19.1. The van der Waals surface area contributed by atoms with Crippen molar-refractivity contribution in [2.24, 2.45) is 0 Å². The molecule has 0 aliphatic rings. The number of hydrogen-bond donors (Lipinski definition) is 1. The highest BCUT2D eigenvalue weighted by molar-refractivity contribution is 5.97. The Kier molecular flexibility index (Phi) is 6.43. The van der Waals surface area contributed by atoms with Crippen LogP contribution >= 0.6 is 0 Å². The van der Waals surface area contributed by atoms with E-state index in [2.05, 4.69) is 5.32 Å². The minimum atomic E-state index is -0.488. The number of ketones is 1. The van der Waals surface area contributed by atoms with E-state index >= 15 is 0 Å². The molecule has 0 fully saturated rings. The predicted octanol–water partition coefficient (Wildman–Crippen LogP) is 3.90. The molecule has 2 rings (SSSR count). The van der Waals surface area contributed by atoms with Crippen LogP contribution in [0.5, 0.6) is 5.75 Å². The van der Waals surface area contributed by atoms with Crippen LogP contribution in [0.4, 0.5) is 11.4 Å². The van der Waals surface area contributed by atoms with Gasteiger partial charge in [-0.05, 0) is 43.7 Å². The number of Topliss-reactive ketones (excluding diaryl/α,β-unsaturated/α-hetero) is 1. The van der Waals surface area contributed by atoms with E-state index in [1.165, 1.54) is 6.07 Å². The second kappa shape index (κ2) is 8.75. The number of amides is 1. The maximum absolute atomic E-state index is 12.1. The van der Waals surface area contributed by atoms with E-state index in [1.54, 1.807) is 50.4 Å². The Hall–Kier alpha value is -3.22. The van der Waals surface area contributed by atoms with Gasteiger partial charge in [-0.1, -0.05) is 6.07 Å². The van der Waals surface area contributed by atoms with Gasteiger partial charge in [0.05, 0.1) is 12.0 Å². The predicted molar refractivity (Wildman–Crippen MR) is 97.6 cm³/mol. The second-order valence-corrected chi connectivity index (χ2v) is 5.81. The number of methoxy groups -OCH3 is 1. The maximum atomic E-state index is 12.1. The number of nitrogens with one attached hydrogen (secondary N) is 1. The van der Waals surface area contributed by atoms with Crippen molar-refractivity contribution < 1.29 is 19.2 Å². The minimum absolute atomic E-state index is 0.0440. The molecule has 26 heavy (non-hydrogen) atoms. The minimum Gasteiger partial charge on any atom is -0.497 e. The first-order chi connectivity index (χ1) is 12.4. The summed E-state index contributed by atoms with van der Waals surface area (Å²) >= 11 is 0. The summed E-state index contributed by atoms with van der Waals surface area (Å²) in [6.45, 7) is 1.63. The van der Waals surface area contributed by atoms with Crippen molar-refractivity contribution in [1.29, 1.82) is 0 Å². The van der Waals surface area contributed by atoms with E-state index in [-0.39, 0.29) is 30.2 Å². The number of ether oxygens (including phenoxy) is 1. The Morgan fingerprint density at radius 2 is 1.81 bits per heavy atom. The van der Waals surface area contributed by atoms with Crippen LogP contribution in [-0.2, 0) is 4.79 Å². The molecule has 7 nitrogen and oxygen atoms in total. The molecule has 2 aromatic rings. The van der Waals surface area contributed by atoms with Gasteiger partial charge in [-0.3, -0.25) is 19.7 Å². The zero-order chi connectivity index (χ0) is 19.1. The number of rotatable bonds is 8. The van der Waals surface area contributed by atoms with Gasteiger partial charge in [0, 0.05) is 35.7 Å². The molecule has 0 aliphatic heterocycles. The summed E-state index contributed by atoms with van der Waals surface area (Å²) in [5, 5.41) is 13.6. The molecule has 0 bridgehead atoms. The summed E-state index contributed by atoms with van der Waals surface area (Å²) in [4.78, 5) is 34.5. The lowest BCUT2D eigenvalue weighted by molar-refractivity contribution is -0.385. The summed E-state index contributed by atoms with van der Waals surface area (Å²) in [7, 11) is 1.55. The highest BCUT2D eigenvalue weighted by atomic mass is 16.6. The lowest BCUT2D eigenvalue weighted by atomic mass is 10.1. The smallest absolute Gasteiger partial charge is 0.274 e. The number of hydrogen-bond acceptors (Lipinski definition) is 5. The average molecular weight is 356 g/mol. The number of nitrogens with zero attached hydrogens (tertiary/aromatic N) is 1. The van der Waals surface area contributed by atoms with Crippen LogP contribution in [0.15, 0.2) is 42.5 Å². The van der Waals surface area contributed by atoms with E-state index in [0.717, 1.165) is 0 Å². The topological polar surface area (TPSA) is 98.5 Å². The number of aryl methyl sites for hydroxylation is 1. The molecule has 1 N–H and O–H groups in total. The summed E-state index contributed by atoms with van der Waals surface area (Å²) in [6, 6.07) is 11.3. The van der Waals surface area contributed by atoms with Crippen molar-refractivity contribution in [2.75, 3.05) is 12.4 Å². The van der Waals surface area contributed by atoms with E-state index in [0.29, 0.717) is 29.0 Å². The number of benzene rings is 2. The normalized spacial score (nSPS) is 10.2. The van der Waals surface area contributed by atoms with Crippen LogP contribution in [0.1, 0.15) is 35.2 Å². The molecular weight excluding hydrogens is 336 g/mol. The monoisotopic (exact) mass is 356 g/mol. The lowest BCUT2D eigenvalue weighted by Crippen LogP contribution is -2.12. The molecule has 0 unspecified atom stereocenters. The van der Waals surface area contributed by atoms with Crippen molar-refractivity contribution in [2.45, 2.75) is 26.2 Å². The van der Waals surface area contributed by atoms with Crippen molar-refractivity contribution in [3.63, 3.8) is 0 Å².